The van der Waals surface area contributed by atoms with Gasteiger partial charge in [0, 0.05) is 0 Å². The van der Waals surface area contributed by atoms with Gasteiger partial charge in [0.05, 0.1) is 18.2 Å². The Balaban J connectivity index is 1.57. The predicted molar refractivity (Wildman–Crippen MR) is 104 cm³/mol. The number of benzene rings is 3. The fraction of sp³-hybridized carbons (Fsp3) is 0.0909. The lowest BCUT2D eigenvalue weighted by molar-refractivity contribution is -0.137. The zero-order valence-electron chi connectivity index (χ0n) is 15.2. The zero-order valence-corrected chi connectivity index (χ0v) is 15.2. The van der Waals surface area contributed by atoms with Crippen LogP contribution in [0.1, 0.15) is 16.7 Å². The predicted octanol–water partition coefficient (Wildman–Crippen LogP) is 5.19. The number of nitrogens with one attached hydrogen (secondary N) is 1. The molecule has 7 heteroatoms. The van der Waals surface area contributed by atoms with Crippen LogP contribution in [0.3, 0.4) is 0 Å². The number of alkyl halides is 3. The van der Waals surface area contributed by atoms with E-state index in [4.69, 9.17) is 4.74 Å². The minimum Gasteiger partial charge on any atom is -0.457 e. The maximum atomic E-state index is 12.7. The Labute approximate surface area is 165 Å². The van der Waals surface area contributed by atoms with Gasteiger partial charge in [0.1, 0.15) is 11.5 Å². The average Bonchev–Trinajstić information content (AvgIpc) is 2.69. The van der Waals surface area contributed by atoms with Crippen molar-refractivity contribution in [2.75, 3.05) is 0 Å². The largest absolute Gasteiger partial charge is 0.457 e. The molecular formula is C22H17F3N2O2. The van der Waals surface area contributed by atoms with Crippen LogP contribution in [0.5, 0.6) is 11.5 Å². The van der Waals surface area contributed by atoms with Crippen molar-refractivity contribution in [3.8, 4) is 11.5 Å². The molecule has 0 aliphatic heterocycles. The first kappa shape index (κ1) is 20.1. The third-order valence-corrected chi connectivity index (χ3v) is 3.86. The van der Waals surface area contributed by atoms with E-state index in [1.54, 1.807) is 24.3 Å². The molecular weight excluding hydrogens is 381 g/mol. The molecule has 0 saturated carbocycles. The molecule has 4 nitrogen and oxygen atoms in total. The van der Waals surface area contributed by atoms with E-state index in [9.17, 15) is 18.0 Å². The van der Waals surface area contributed by atoms with E-state index in [1.165, 1.54) is 18.3 Å². The average molecular weight is 398 g/mol. The number of amides is 1. The highest BCUT2D eigenvalue weighted by Crippen LogP contribution is 2.29. The molecule has 148 valence electrons. The summed E-state index contributed by atoms with van der Waals surface area (Å²) in [5.41, 5.74) is 2.47. The van der Waals surface area contributed by atoms with Gasteiger partial charge in [-0.3, -0.25) is 4.79 Å². The summed E-state index contributed by atoms with van der Waals surface area (Å²) < 4.78 is 43.9. The summed E-state index contributed by atoms with van der Waals surface area (Å²) in [6, 6.07) is 21.0. The first-order valence-electron chi connectivity index (χ1n) is 8.71. The molecule has 0 aliphatic carbocycles. The Kier molecular flexibility index (Phi) is 6.29. The van der Waals surface area contributed by atoms with Gasteiger partial charge in [0.15, 0.2) is 0 Å². The molecule has 0 aliphatic rings. The molecule has 0 radical (unpaired) electrons. The summed E-state index contributed by atoms with van der Waals surface area (Å²) in [4.78, 5) is 11.9. The monoisotopic (exact) mass is 398 g/mol. The molecule has 0 fully saturated rings. The topological polar surface area (TPSA) is 50.7 Å². The molecule has 0 bridgehead atoms. The molecule has 0 atom stereocenters. The summed E-state index contributed by atoms with van der Waals surface area (Å²) in [6.45, 7) is 0. The number of hydrazone groups is 1. The van der Waals surface area contributed by atoms with Crippen molar-refractivity contribution in [2.45, 2.75) is 12.6 Å². The number of hydrogen-bond acceptors (Lipinski definition) is 3. The van der Waals surface area contributed by atoms with Gasteiger partial charge in [-0.15, -0.1) is 0 Å². The second-order valence-corrected chi connectivity index (χ2v) is 6.16. The van der Waals surface area contributed by atoms with E-state index < -0.39 is 17.6 Å². The molecule has 0 saturated heterocycles. The maximum absolute atomic E-state index is 12.7. The lowest BCUT2D eigenvalue weighted by atomic mass is 10.1. The normalized spacial score (nSPS) is 11.4. The van der Waals surface area contributed by atoms with E-state index in [0.717, 1.165) is 12.1 Å². The lowest BCUT2D eigenvalue weighted by Crippen LogP contribution is -2.20. The fourth-order valence-electron chi connectivity index (χ4n) is 2.54. The van der Waals surface area contributed by atoms with Crippen LogP contribution in [0, 0.1) is 0 Å². The first-order valence-corrected chi connectivity index (χ1v) is 8.71. The number of nitrogens with zero attached hydrogens (tertiary/aromatic N) is 1. The summed E-state index contributed by atoms with van der Waals surface area (Å²) in [6.07, 6.45) is -3.22. The summed E-state index contributed by atoms with van der Waals surface area (Å²) >= 11 is 0. The van der Waals surface area contributed by atoms with Crippen molar-refractivity contribution in [3.05, 3.63) is 95.6 Å². The second kappa shape index (κ2) is 9.05. The molecule has 3 rings (SSSR count). The van der Waals surface area contributed by atoms with Crippen molar-refractivity contribution in [3.63, 3.8) is 0 Å². The van der Waals surface area contributed by atoms with Gasteiger partial charge >= 0.3 is 6.18 Å². The highest BCUT2D eigenvalue weighted by molar-refractivity contribution is 5.83. The van der Waals surface area contributed by atoms with Crippen molar-refractivity contribution in [2.24, 2.45) is 5.10 Å². The first-order chi connectivity index (χ1) is 13.9. The van der Waals surface area contributed by atoms with E-state index in [0.29, 0.717) is 17.1 Å². The molecule has 3 aromatic rings. The van der Waals surface area contributed by atoms with E-state index in [-0.39, 0.29) is 12.0 Å². The molecule has 29 heavy (non-hydrogen) atoms. The van der Waals surface area contributed by atoms with Crippen LogP contribution in [0.15, 0.2) is 84.0 Å². The van der Waals surface area contributed by atoms with Gasteiger partial charge in [0.2, 0.25) is 5.91 Å². The van der Waals surface area contributed by atoms with E-state index >= 15 is 0 Å². The van der Waals surface area contributed by atoms with Crippen molar-refractivity contribution in [1.82, 2.24) is 5.43 Å². The molecule has 1 N–H and O–H groups in total. The highest BCUT2D eigenvalue weighted by atomic mass is 19.4. The maximum Gasteiger partial charge on any atom is 0.416 e. The van der Waals surface area contributed by atoms with Crippen molar-refractivity contribution >= 4 is 12.1 Å². The van der Waals surface area contributed by atoms with Crippen LogP contribution in [0.25, 0.3) is 0 Å². The van der Waals surface area contributed by atoms with Crippen LogP contribution in [0.2, 0.25) is 0 Å². The number of carbonyl (C=O) groups excluding carboxylic acids is 1. The van der Waals surface area contributed by atoms with Crippen LogP contribution < -0.4 is 10.2 Å². The second-order valence-electron chi connectivity index (χ2n) is 6.16. The third kappa shape index (κ3) is 6.21. The van der Waals surface area contributed by atoms with Crippen LogP contribution in [-0.2, 0) is 17.4 Å². The standard InChI is InChI=1S/C22H17F3N2O2/c23-22(24,25)18-8-4-6-16(12-18)14-21(28)27-26-15-17-7-5-11-20(13-17)29-19-9-2-1-3-10-19/h1-13,15H,14H2,(H,27,28). The van der Waals surface area contributed by atoms with Crippen molar-refractivity contribution < 1.29 is 22.7 Å². The molecule has 0 spiro atoms. The number of carbonyl (C=O) groups is 1. The molecule has 1 amide bonds. The summed E-state index contributed by atoms with van der Waals surface area (Å²) in [7, 11) is 0. The Bertz CT molecular complexity index is 1000. The van der Waals surface area contributed by atoms with Gasteiger partial charge in [-0.05, 0) is 41.5 Å². The number of rotatable bonds is 6. The zero-order chi connectivity index (χ0) is 20.7. The van der Waals surface area contributed by atoms with Gasteiger partial charge in [0.25, 0.3) is 0 Å². The molecule has 0 aromatic heterocycles. The molecule has 0 heterocycles. The van der Waals surface area contributed by atoms with Crippen LogP contribution in [-0.4, -0.2) is 12.1 Å². The number of para-hydroxylation sites is 1. The van der Waals surface area contributed by atoms with Crippen LogP contribution >= 0.6 is 0 Å². The fourth-order valence-corrected chi connectivity index (χ4v) is 2.54. The molecule has 0 unspecified atom stereocenters. The Morgan fingerprint density at radius 1 is 0.931 bits per heavy atom. The van der Waals surface area contributed by atoms with Gasteiger partial charge < -0.3 is 4.74 Å². The van der Waals surface area contributed by atoms with Gasteiger partial charge in [-0.1, -0.05) is 48.5 Å². The minimum atomic E-state index is -4.45. The summed E-state index contributed by atoms with van der Waals surface area (Å²) in [5, 5.41) is 3.85. The quantitative estimate of drug-likeness (QED) is 0.459. The van der Waals surface area contributed by atoms with Gasteiger partial charge in [-0.2, -0.15) is 18.3 Å². The Morgan fingerprint density at radius 2 is 1.66 bits per heavy atom. The Hall–Kier alpha value is -3.61. The SMILES string of the molecule is O=C(Cc1cccc(C(F)(F)F)c1)NN=Cc1cccc(Oc2ccccc2)c1. The minimum absolute atomic E-state index is 0.210. The smallest absolute Gasteiger partial charge is 0.416 e. The third-order valence-electron chi connectivity index (χ3n) is 3.86. The summed E-state index contributed by atoms with van der Waals surface area (Å²) in [5.74, 6) is 0.781. The van der Waals surface area contributed by atoms with Gasteiger partial charge in [-0.25, -0.2) is 5.43 Å². The van der Waals surface area contributed by atoms with Crippen LogP contribution in [0.4, 0.5) is 13.2 Å². The van der Waals surface area contributed by atoms with E-state index in [2.05, 4.69) is 10.5 Å². The van der Waals surface area contributed by atoms with Crippen molar-refractivity contribution in [1.29, 1.82) is 0 Å². The number of hydrogen-bond donors (Lipinski definition) is 1. The number of halogens is 3. The Morgan fingerprint density at radius 3 is 2.41 bits per heavy atom. The highest BCUT2D eigenvalue weighted by Gasteiger charge is 2.30. The van der Waals surface area contributed by atoms with E-state index in [1.807, 2.05) is 30.3 Å². The molecule has 3 aromatic carbocycles. The lowest BCUT2D eigenvalue weighted by Gasteiger charge is -2.08. The number of ether oxygens (including phenoxy) is 1.